The number of hydrogen-bond donors (Lipinski definition) is 2. The van der Waals surface area contributed by atoms with Gasteiger partial charge in [-0.3, -0.25) is 4.79 Å². The van der Waals surface area contributed by atoms with Crippen LogP contribution in [0.2, 0.25) is 5.02 Å². The van der Waals surface area contributed by atoms with E-state index in [4.69, 9.17) is 31.5 Å². The van der Waals surface area contributed by atoms with Crippen LogP contribution < -0.4 is 20.5 Å². The van der Waals surface area contributed by atoms with E-state index in [1.54, 1.807) is 12.1 Å². The maximum Gasteiger partial charge on any atom is 0.245 e. The van der Waals surface area contributed by atoms with Crippen LogP contribution in [0.15, 0.2) is 12.1 Å². The molecule has 6 nitrogen and oxygen atoms in total. The minimum Gasteiger partial charge on any atom is -0.486 e. The van der Waals surface area contributed by atoms with Crippen LogP contribution in [-0.4, -0.2) is 37.4 Å². The third-order valence-corrected chi connectivity index (χ3v) is 5.43. The summed E-state index contributed by atoms with van der Waals surface area (Å²) in [5.41, 5.74) is 5.38. The Kier molecular flexibility index (Phi) is 4.40. The Morgan fingerprint density at radius 3 is 2.58 bits per heavy atom. The quantitative estimate of drug-likeness (QED) is 0.868. The Hall–Kier alpha value is -1.50. The zero-order valence-corrected chi connectivity index (χ0v) is 14.9. The van der Waals surface area contributed by atoms with Crippen LogP contribution in [0.25, 0.3) is 0 Å². The molecule has 1 aromatic carbocycles. The molecule has 0 spiro atoms. The maximum atomic E-state index is 12.8. The van der Waals surface area contributed by atoms with Gasteiger partial charge in [0.2, 0.25) is 5.91 Å². The molecule has 1 saturated carbocycles. The molecular formula is C17H23ClN2O4. The highest BCUT2D eigenvalue weighted by atomic mass is 35.5. The number of nitrogens with one attached hydrogen (secondary N) is 1. The summed E-state index contributed by atoms with van der Waals surface area (Å²) in [6.07, 6.45) is 0.441. The predicted molar refractivity (Wildman–Crippen MR) is 91.8 cm³/mol. The number of hydrogen-bond acceptors (Lipinski definition) is 5. The van der Waals surface area contributed by atoms with E-state index in [1.807, 2.05) is 20.8 Å². The average Bonchev–Trinajstić information content (AvgIpc) is 2.55. The van der Waals surface area contributed by atoms with Gasteiger partial charge in [0.25, 0.3) is 0 Å². The molecule has 3 N–H and O–H groups in total. The van der Waals surface area contributed by atoms with Crippen LogP contribution in [0.5, 0.6) is 11.5 Å². The molecule has 0 aromatic heterocycles. The number of carbonyl (C=O) groups excluding carboxylic acids is 1. The first-order chi connectivity index (χ1) is 11.3. The van der Waals surface area contributed by atoms with Crippen molar-refractivity contribution >= 4 is 23.2 Å². The van der Waals surface area contributed by atoms with E-state index in [0.717, 1.165) is 0 Å². The monoisotopic (exact) mass is 354 g/mol. The zero-order valence-electron chi connectivity index (χ0n) is 14.1. The molecule has 1 fully saturated rings. The van der Waals surface area contributed by atoms with Gasteiger partial charge in [0, 0.05) is 30.6 Å². The second-order valence-electron chi connectivity index (χ2n) is 6.77. The molecule has 1 heterocycles. The predicted octanol–water partition coefficient (Wildman–Crippen LogP) is 2.58. The summed E-state index contributed by atoms with van der Waals surface area (Å²) in [7, 11) is 0. The van der Waals surface area contributed by atoms with Gasteiger partial charge in [-0.15, -0.1) is 0 Å². The largest absolute Gasteiger partial charge is 0.486 e. The molecule has 1 aliphatic carbocycles. The Labute approximate surface area is 146 Å². The molecule has 3 rings (SSSR count). The molecule has 1 amide bonds. The summed E-state index contributed by atoms with van der Waals surface area (Å²) in [5.74, 6) is 0.862. The fraction of sp³-hybridized carbons (Fsp3) is 0.588. The van der Waals surface area contributed by atoms with Crippen molar-refractivity contribution in [2.75, 3.05) is 25.1 Å². The third kappa shape index (κ3) is 2.62. The van der Waals surface area contributed by atoms with Gasteiger partial charge in [0.05, 0.1) is 16.8 Å². The summed E-state index contributed by atoms with van der Waals surface area (Å²) in [5, 5.41) is 3.22. The number of carbonyl (C=O) groups is 1. The van der Waals surface area contributed by atoms with Crippen molar-refractivity contribution in [3.63, 3.8) is 0 Å². The first-order valence-electron chi connectivity index (χ1n) is 8.10. The number of fused-ring (bicyclic) bond motifs is 1. The molecule has 0 radical (unpaired) electrons. The molecular weight excluding hydrogens is 332 g/mol. The van der Waals surface area contributed by atoms with Crippen LogP contribution in [0.4, 0.5) is 5.69 Å². The van der Waals surface area contributed by atoms with E-state index in [1.165, 1.54) is 0 Å². The lowest BCUT2D eigenvalue weighted by molar-refractivity contribution is -0.166. The SMILES string of the molecule is CCOC1CC(N)(C(=O)Nc2cc3c(cc2Cl)OCCO3)C1(C)C. The van der Waals surface area contributed by atoms with Gasteiger partial charge in [0.1, 0.15) is 18.8 Å². The van der Waals surface area contributed by atoms with Crippen LogP contribution >= 0.6 is 11.6 Å². The zero-order chi connectivity index (χ0) is 17.5. The molecule has 0 saturated heterocycles. The van der Waals surface area contributed by atoms with Crippen molar-refractivity contribution in [1.82, 2.24) is 0 Å². The van der Waals surface area contributed by atoms with Crippen LogP contribution in [0.1, 0.15) is 27.2 Å². The van der Waals surface area contributed by atoms with E-state index in [9.17, 15) is 4.79 Å². The van der Waals surface area contributed by atoms with Crippen LogP contribution in [0, 0.1) is 5.41 Å². The maximum absolute atomic E-state index is 12.8. The second kappa shape index (κ2) is 6.10. The van der Waals surface area contributed by atoms with Crippen LogP contribution in [0.3, 0.4) is 0 Å². The topological polar surface area (TPSA) is 82.8 Å². The number of rotatable bonds is 4. The first kappa shape index (κ1) is 17.3. The molecule has 7 heteroatoms. The molecule has 2 unspecified atom stereocenters. The highest BCUT2D eigenvalue weighted by Crippen LogP contribution is 2.50. The molecule has 24 heavy (non-hydrogen) atoms. The number of halogens is 1. The Morgan fingerprint density at radius 2 is 2.00 bits per heavy atom. The minimum atomic E-state index is -1.01. The molecule has 132 valence electrons. The molecule has 1 aliphatic heterocycles. The van der Waals surface area contributed by atoms with Crippen molar-refractivity contribution in [2.24, 2.45) is 11.1 Å². The number of amides is 1. The highest BCUT2D eigenvalue weighted by Gasteiger charge is 2.62. The Bertz CT molecular complexity index is 664. The summed E-state index contributed by atoms with van der Waals surface area (Å²) < 4.78 is 16.7. The fourth-order valence-electron chi connectivity index (χ4n) is 3.21. The normalized spacial score (nSPS) is 27.3. The summed E-state index contributed by atoms with van der Waals surface area (Å²) in [6.45, 7) is 7.37. The lowest BCUT2D eigenvalue weighted by atomic mass is 9.54. The molecule has 0 bridgehead atoms. The van der Waals surface area contributed by atoms with Gasteiger partial charge in [-0.05, 0) is 6.92 Å². The van der Waals surface area contributed by atoms with E-state index < -0.39 is 11.0 Å². The molecule has 1 aromatic rings. The standard InChI is InChI=1S/C17H23ClN2O4/c1-4-22-14-9-17(19,16(14,2)3)15(21)20-11-8-13-12(7-10(11)18)23-5-6-24-13/h7-8,14H,4-6,9,19H2,1-3H3,(H,20,21). The van der Waals surface area contributed by atoms with Gasteiger partial charge in [-0.25, -0.2) is 0 Å². The van der Waals surface area contributed by atoms with E-state index in [-0.39, 0.29) is 12.0 Å². The van der Waals surface area contributed by atoms with Crippen LogP contribution in [-0.2, 0) is 9.53 Å². The van der Waals surface area contributed by atoms with E-state index in [2.05, 4.69) is 5.32 Å². The lowest BCUT2D eigenvalue weighted by Crippen LogP contribution is -2.74. The van der Waals surface area contributed by atoms with Crippen molar-refractivity contribution < 1.29 is 19.0 Å². The molecule has 2 aliphatic rings. The Balaban J connectivity index is 1.78. The number of anilines is 1. The van der Waals surface area contributed by atoms with Gasteiger partial charge >= 0.3 is 0 Å². The fourth-order valence-corrected chi connectivity index (χ4v) is 3.42. The van der Waals surface area contributed by atoms with Gasteiger partial charge in [-0.1, -0.05) is 25.4 Å². The summed E-state index contributed by atoms with van der Waals surface area (Å²) in [6, 6.07) is 3.31. The van der Waals surface area contributed by atoms with Crippen molar-refractivity contribution in [3.8, 4) is 11.5 Å². The molecule has 2 atom stereocenters. The summed E-state index contributed by atoms with van der Waals surface area (Å²) in [4.78, 5) is 12.8. The van der Waals surface area contributed by atoms with Crippen molar-refractivity contribution in [3.05, 3.63) is 17.2 Å². The highest BCUT2D eigenvalue weighted by molar-refractivity contribution is 6.34. The van der Waals surface area contributed by atoms with Gasteiger partial charge in [-0.2, -0.15) is 0 Å². The average molecular weight is 355 g/mol. The smallest absolute Gasteiger partial charge is 0.245 e. The number of nitrogens with two attached hydrogens (primary N) is 1. The number of ether oxygens (including phenoxy) is 3. The van der Waals surface area contributed by atoms with E-state index in [0.29, 0.717) is 48.5 Å². The van der Waals surface area contributed by atoms with Crippen molar-refractivity contribution in [1.29, 1.82) is 0 Å². The van der Waals surface area contributed by atoms with Gasteiger partial charge in [0.15, 0.2) is 11.5 Å². The third-order valence-electron chi connectivity index (χ3n) is 5.12. The van der Waals surface area contributed by atoms with Gasteiger partial charge < -0.3 is 25.3 Å². The first-order valence-corrected chi connectivity index (χ1v) is 8.48. The number of benzene rings is 1. The van der Waals surface area contributed by atoms with Crippen molar-refractivity contribution in [2.45, 2.75) is 38.8 Å². The Morgan fingerprint density at radius 1 is 1.38 bits per heavy atom. The minimum absolute atomic E-state index is 0.0333. The second-order valence-corrected chi connectivity index (χ2v) is 7.18. The van der Waals surface area contributed by atoms with E-state index >= 15 is 0 Å². The summed E-state index contributed by atoms with van der Waals surface area (Å²) >= 11 is 6.25. The lowest BCUT2D eigenvalue weighted by Gasteiger charge is -2.57.